The van der Waals surface area contributed by atoms with Gasteiger partial charge in [0.05, 0.1) is 24.7 Å². The third-order valence-electron chi connectivity index (χ3n) is 10.5. The molecule has 15 atom stereocenters. The fourth-order valence-electron chi connectivity index (χ4n) is 7.08. The summed E-state index contributed by atoms with van der Waals surface area (Å²) in [6, 6.07) is 5.18. The van der Waals surface area contributed by atoms with Crippen LogP contribution in [0.25, 0.3) is 6.08 Å². The molecule has 1 aliphatic heterocycles. The maximum Gasteiger partial charge on any atom is 0.335 e. The lowest BCUT2D eigenvalue weighted by Gasteiger charge is -2.40. The maximum atomic E-state index is 14.5. The molecule has 1 saturated heterocycles. The Hall–Kier alpha value is -4.99. The number of benzene rings is 2. The van der Waals surface area contributed by atoms with Crippen LogP contribution in [-0.4, -0.2) is 199 Å². The third-order valence-corrected chi connectivity index (χ3v) is 10.5. The number of aliphatic carboxylic acids is 1. The predicted octanol–water partition coefficient (Wildman–Crippen LogP) is -5.48. The Kier molecular flexibility index (Phi) is 14.9. The molecular weight excluding hydrogens is 824 g/mol. The Bertz CT molecular complexity index is 1980. The van der Waals surface area contributed by atoms with Crippen LogP contribution >= 0.6 is 0 Å². The van der Waals surface area contributed by atoms with Gasteiger partial charge in [-0.3, -0.25) is 4.79 Å². The highest BCUT2D eigenvalue weighted by atomic mass is 16.7. The lowest BCUT2D eigenvalue weighted by Crippen LogP contribution is -2.60. The first kappa shape index (κ1) is 47.1. The fraction of sp³-hybridized carbons (Fsp3) is 0.500. The van der Waals surface area contributed by atoms with Crippen molar-refractivity contribution < 1.29 is 115 Å². The number of carboxylic acids is 1. The van der Waals surface area contributed by atoms with Crippen molar-refractivity contribution in [1.29, 1.82) is 0 Å². The number of phenols is 3. The molecule has 2 aliphatic carbocycles. The Balaban J connectivity index is 1.61. The number of aliphatic hydroxyl groups is 12. The number of hydrogen-bond acceptors (Lipinski definition) is 22. The molecule has 0 aromatic heterocycles. The van der Waals surface area contributed by atoms with Gasteiger partial charge in [0.2, 0.25) is 6.29 Å². The summed E-state index contributed by atoms with van der Waals surface area (Å²) in [6.07, 6.45) is -24.3. The van der Waals surface area contributed by atoms with Gasteiger partial charge in [0.25, 0.3) is 0 Å². The van der Waals surface area contributed by atoms with Crippen molar-refractivity contribution in [2.75, 3.05) is 19.8 Å². The van der Waals surface area contributed by atoms with Crippen LogP contribution in [0.4, 0.5) is 0 Å². The maximum absolute atomic E-state index is 14.5. The first-order valence-corrected chi connectivity index (χ1v) is 18.5. The van der Waals surface area contributed by atoms with Crippen molar-refractivity contribution >= 4 is 24.0 Å². The predicted molar refractivity (Wildman–Crippen MR) is 196 cm³/mol. The van der Waals surface area contributed by atoms with Crippen molar-refractivity contribution in [2.24, 2.45) is 5.92 Å². The molecule has 336 valence electrons. The Morgan fingerprint density at radius 2 is 1.46 bits per heavy atom. The normalized spacial score (nSPS) is 30.0. The molecule has 1 fully saturated rings. The summed E-state index contributed by atoms with van der Waals surface area (Å²) in [5.41, 5.74) is -1.39. The van der Waals surface area contributed by atoms with E-state index in [4.69, 9.17) is 24.1 Å². The molecule has 23 heteroatoms. The lowest BCUT2D eigenvalue weighted by molar-refractivity contribution is -0.277. The molecule has 0 saturated carbocycles. The number of esters is 2. The molecule has 5 rings (SSSR count). The molecule has 3 aliphatic rings. The molecule has 2 aromatic rings. The number of phenolic OH excluding ortho intramolecular Hbond substituents is 3. The molecule has 0 radical (unpaired) electrons. The number of aliphatic hydroxyl groups excluding tert-OH is 12. The zero-order valence-electron chi connectivity index (χ0n) is 31.5. The van der Waals surface area contributed by atoms with Crippen molar-refractivity contribution in [3.05, 3.63) is 64.2 Å². The summed E-state index contributed by atoms with van der Waals surface area (Å²) >= 11 is 0. The average molecular weight is 871 g/mol. The summed E-state index contributed by atoms with van der Waals surface area (Å²) in [4.78, 5) is 40.3. The van der Waals surface area contributed by atoms with Gasteiger partial charge >= 0.3 is 17.9 Å². The first-order chi connectivity index (χ1) is 28.7. The number of carbonyl (C=O) groups is 3. The van der Waals surface area contributed by atoms with Gasteiger partial charge < -0.3 is 101 Å². The summed E-state index contributed by atoms with van der Waals surface area (Å²) in [5.74, 6) is -10.7. The van der Waals surface area contributed by atoms with Crippen LogP contribution in [0.2, 0.25) is 0 Å². The molecule has 1 heterocycles. The SMILES string of the molecule is O=C(O)C1=C[C@@H](O)[C@@H](O)[C@H](OC(=O)[C@@H]2C(C(=O)OCC(O)C(O)C(O)C(O)C(O)CO)=Cc3cc(O)c(O[C@@H]4O[C@H](CO)[C@@H](O)[C@H](O)[C@H]4O)cc3[C@H]2c2ccc(O)c(O)c2)C1. The topological polar surface area (TPSA) is 412 Å². The van der Waals surface area contributed by atoms with Gasteiger partial charge in [-0.25, -0.2) is 9.59 Å². The minimum atomic E-state index is -2.31. The van der Waals surface area contributed by atoms with Crippen LogP contribution < -0.4 is 4.74 Å². The molecular formula is C38H46O23. The van der Waals surface area contributed by atoms with Crippen molar-refractivity contribution in [3.63, 3.8) is 0 Å². The second kappa shape index (κ2) is 19.4. The van der Waals surface area contributed by atoms with E-state index >= 15 is 0 Å². The number of fused-ring (bicyclic) bond motifs is 1. The summed E-state index contributed by atoms with van der Waals surface area (Å²) < 4.78 is 21.8. The van der Waals surface area contributed by atoms with Crippen LogP contribution in [0.3, 0.4) is 0 Å². The Morgan fingerprint density at radius 3 is 2.08 bits per heavy atom. The van der Waals surface area contributed by atoms with E-state index in [-0.39, 0.29) is 16.7 Å². The van der Waals surface area contributed by atoms with Gasteiger partial charge in [0.15, 0.2) is 23.0 Å². The second-order valence-corrected chi connectivity index (χ2v) is 14.6. The van der Waals surface area contributed by atoms with E-state index in [9.17, 15) is 91.0 Å². The Morgan fingerprint density at radius 1 is 0.787 bits per heavy atom. The van der Waals surface area contributed by atoms with E-state index in [0.29, 0.717) is 0 Å². The minimum Gasteiger partial charge on any atom is -0.504 e. The number of hydrogen-bond donors (Lipinski definition) is 16. The van der Waals surface area contributed by atoms with Crippen LogP contribution in [0.1, 0.15) is 29.0 Å². The number of carboxylic acid groups (broad SMARTS) is 1. The molecule has 5 unspecified atom stereocenters. The lowest BCUT2D eigenvalue weighted by atomic mass is 9.71. The van der Waals surface area contributed by atoms with Crippen LogP contribution in [0.5, 0.6) is 23.0 Å². The van der Waals surface area contributed by atoms with Crippen molar-refractivity contribution in [3.8, 4) is 23.0 Å². The molecule has 16 N–H and O–H groups in total. The number of aromatic hydroxyl groups is 3. The number of carbonyl (C=O) groups excluding carboxylic acids is 2. The van der Waals surface area contributed by atoms with Crippen LogP contribution in [-0.2, 0) is 28.6 Å². The van der Waals surface area contributed by atoms with E-state index in [2.05, 4.69) is 0 Å². The highest BCUT2D eigenvalue weighted by Crippen LogP contribution is 2.49. The van der Waals surface area contributed by atoms with E-state index in [1.54, 1.807) is 0 Å². The smallest absolute Gasteiger partial charge is 0.335 e. The highest BCUT2D eigenvalue weighted by Gasteiger charge is 2.48. The zero-order chi connectivity index (χ0) is 45.2. The van der Waals surface area contributed by atoms with Gasteiger partial charge in [-0.1, -0.05) is 6.07 Å². The van der Waals surface area contributed by atoms with Crippen molar-refractivity contribution in [2.45, 2.75) is 91.9 Å². The van der Waals surface area contributed by atoms with E-state index < -0.39 is 170 Å². The standard InChI is InChI=1S/C38H46O23/c39-9-21(45)29(48)32(51)30(49)22(46)11-58-36(56)16-3-13-5-19(43)23(60-38-34(53)33(52)31(50)25(10-40)61-38)8-15(13)26(12-1-2-17(41)18(42)4-12)27(16)37(57)59-24-7-14(35(54)55)6-20(44)28(24)47/h1-6,8,20-22,24-34,38-53H,7,9-11H2,(H,54,55)/t20-,21?,22?,24-,25-,26-,27-,28-,29?,30?,31-,32?,33+,34-,38-/m1/s1. The van der Waals surface area contributed by atoms with Gasteiger partial charge in [-0.2, -0.15) is 0 Å². The summed E-state index contributed by atoms with van der Waals surface area (Å²) in [5, 5.41) is 163. The van der Waals surface area contributed by atoms with Gasteiger partial charge in [-0.15, -0.1) is 0 Å². The minimum absolute atomic E-state index is 0.0636. The van der Waals surface area contributed by atoms with E-state index in [0.717, 1.165) is 36.4 Å². The molecule has 0 spiro atoms. The summed E-state index contributed by atoms with van der Waals surface area (Å²) in [7, 11) is 0. The van der Waals surface area contributed by atoms with E-state index in [1.165, 1.54) is 6.07 Å². The van der Waals surface area contributed by atoms with Gasteiger partial charge in [0, 0.05) is 17.9 Å². The fourth-order valence-corrected chi connectivity index (χ4v) is 7.08. The van der Waals surface area contributed by atoms with Gasteiger partial charge in [0.1, 0.15) is 79.9 Å². The summed E-state index contributed by atoms with van der Waals surface area (Å²) in [6.45, 7) is -3.07. The molecule has 61 heavy (non-hydrogen) atoms. The average Bonchev–Trinajstić information content (AvgIpc) is 3.23. The molecule has 2 aromatic carbocycles. The first-order valence-electron chi connectivity index (χ1n) is 18.5. The molecule has 0 amide bonds. The van der Waals surface area contributed by atoms with Crippen LogP contribution in [0.15, 0.2) is 47.6 Å². The monoisotopic (exact) mass is 870 g/mol. The van der Waals surface area contributed by atoms with Gasteiger partial charge in [-0.05, 0) is 53.1 Å². The van der Waals surface area contributed by atoms with E-state index in [1.807, 2.05) is 0 Å². The third kappa shape index (κ3) is 9.89. The van der Waals surface area contributed by atoms with Crippen LogP contribution in [0, 0.1) is 5.92 Å². The number of ether oxygens (including phenoxy) is 4. The highest BCUT2D eigenvalue weighted by molar-refractivity contribution is 6.02. The molecule has 23 nitrogen and oxygen atoms in total. The quantitative estimate of drug-likeness (QED) is 0.0586. The largest absolute Gasteiger partial charge is 0.504 e. The van der Waals surface area contributed by atoms with Crippen molar-refractivity contribution in [1.82, 2.24) is 0 Å². The number of rotatable bonds is 15. The zero-order valence-corrected chi connectivity index (χ0v) is 31.5. The Labute approximate surface area is 343 Å². The second-order valence-electron chi connectivity index (χ2n) is 14.6. The molecule has 0 bridgehead atoms.